The van der Waals surface area contributed by atoms with Crippen LogP contribution in [0.15, 0.2) is 24.3 Å². The van der Waals surface area contributed by atoms with Crippen LogP contribution in [-0.2, 0) is 9.53 Å². The number of amides is 2. The molecule has 0 aromatic heterocycles. The van der Waals surface area contributed by atoms with Gasteiger partial charge in [-0.3, -0.25) is 19.3 Å². The molecule has 26 heavy (non-hydrogen) atoms. The van der Waals surface area contributed by atoms with Crippen LogP contribution in [0.5, 0.6) is 0 Å². The molecule has 140 valence electrons. The average molecular weight is 358 g/mol. The van der Waals surface area contributed by atoms with Gasteiger partial charge in [0.05, 0.1) is 23.7 Å². The van der Waals surface area contributed by atoms with Crippen LogP contribution in [0.4, 0.5) is 0 Å². The smallest absolute Gasteiger partial charge is 0.310 e. The van der Waals surface area contributed by atoms with Crippen LogP contribution in [0.3, 0.4) is 0 Å². The highest BCUT2D eigenvalue weighted by molar-refractivity contribution is 6.21. The minimum Gasteiger partial charge on any atom is -0.466 e. The summed E-state index contributed by atoms with van der Waals surface area (Å²) in [5.74, 6) is -0.500. The third kappa shape index (κ3) is 3.96. The summed E-state index contributed by atoms with van der Waals surface area (Å²) in [6.45, 7) is 5.31. The highest BCUT2D eigenvalue weighted by Crippen LogP contribution is 2.23. The Labute approximate surface area is 154 Å². The van der Waals surface area contributed by atoms with Crippen LogP contribution >= 0.6 is 0 Å². The number of benzene rings is 1. The van der Waals surface area contributed by atoms with Gasteiger partial charge in [-0.2, -0.15) is 0 Å². The van der Waals surface area contributed by atoms with E-state index in [9.17, 15) is 14.4 Å². The van der Waals surface area contributed by atoms with Crippen molar-refractivity contribution in [3.63, 3.8) is 0 Å². The number of piperidine rings is 1. The summed E-state index contributed by atoms with van der Waals surface area (Å²) in [5, 5.41) is 0. The van der Waals surface area contributed by atoms with Crippen LogP contribution in [0, 0.1) is 5.92 Å². The van der Waals surface area contributed by atoms with Gasteiger partial charge < -0.3 is 9.64 Å². The molecule has 0 spiro atoms. The SMILES string of the molecule is CCOC(=O)[C@@H]1CCCN(CCCCN2C(=O)c3ccccc3C2=O)C1. The predicted octanol–water partition coefficient (Wildman–Crippen LogP) is 2.34. The highest BCUT2D eigenvalue weighted by atomic mass is 16.5. The molecule has 3 rings (SSSR count). The number of imide groups is 1. The molecular formula is C20H26N2O4. The molecule has 1 atom stereocenters. The third-order valence-electron chi connectivity index (χ3n) is 5.11. The first-order valence-corrected chi connectivity index (χ1v) is 9.46. The topological polar surface area (TPSA) is 66.9 Å². The van der Waals surface area contributed by atoms with Crippen LogP contribution in [0.1, 0.15) is 53.3 Å². The molecule has 2 aliphatic heterocycles. The number of nitrogens with zero attached hydrogens (tertiary/aromatic N) is 2. The molecule has 1 fully saturated rings. The van der Waals surface area contributed by atoms with E-state index in [0.29, 0.717) is 24.3 Å². The van der Waals surface area contributed by atoms with E-state index in [0.717, 1.165) is 45.3 Å². The van der Waals surface area contributed by atoms with E-state index >= 15 is 0 Å². The zero-order valence-electron chi connectivity index (χ0n) is 15.3. The summed E-state index contributed by atoms with van der Waals surface area (Å²) >= 11 is 0. The second kappa shape index (κ2) is 8.45. The van der Waals surface area contributed by atoms with E-state index < -0.39 is 0 Å². The lowest BCUT2D eigenvalue weighted by Crippen LogP contribution is -2.40. The number of fused-ring (bicyclic) bond motifs is 1. The Morgan fingerprint density at radius 2 is 1.77 bits per heavy atom. The molecule has 2 aliphatic rings. The van der Waals surface area contributed by atoms with Crippen molar-refractivity contribution in [3.05, 3.63) is 35.4 Å². The fourth-order valence-electron chi connectivity index (χ4n) is 3.76. The molecule has 1 aromatic rings. The van der Waals surface area contributed by atoms with Crippen molar-refractivity contribution in [2.45, 2.75) is 32.6 Å². The van der Waals surface area contributed by atoms with Crippen LogP contribution in [-0.4, -0.2) is 60.4 Å². The van der Waals surface area contributed by atoms with Gasteiger partial charge >= 0.3 is 5.97 Å². The zero-order chi connectivity index (χ0) is 18.5. The van der Waals surface area contributed by atoms with Crippen molar-refractivity contribution in [2.24, 2.45) is 5.92 Å². The molecule has 6 nitrogen and oxygen atoms in total. The zero-order valence-corrected chi connectivity index (χ0v) is 15.3. The maximum absolute atomic E-state index is 12.3. The summed E-state index contributed by atoms with van der Waals surface area (Å²) in [5.41, 5.74) is 1.01. The van der Waals surface area contributed by atoms with Crippen molar-refractivity contribution in [3.8, 4) is 0 Å². The van der Waals surface area contributed by atoms with Gasteiger partial charge in [0.1, 0.15) is 0 Å². The van der Waals surface area contributed by atoms with Crippen molar-refractivity contribution in [1.82, 2.24) is 9.80 Å². The Morgan fingerprint density at radius 3 is 2.42 bits per heavy atom. The van der Waals surface area contributed by atoms with Gasteiger partial charge in [-0.25, -0.2) is 0 Å². The molecule has 2 heterocycles. The number of esters is 1. The van der Waals surface area contributed by atoms with Gasteiger partial charge in [-0.1, -0.05) is 12.1 Å². The van der Waals surface area contributed by atoms with Crippen molar-refractivity contribution >= 4 is 17.8 Å². The standard InChI is InChI=1S/C20H26N2O4/c1-2-26-20(25)15-8-7-12-21(14-15)11-5-6-13-22-18(23)16-9-3-4-10-17(16)19(22)24/h3-4,9-10,15H,2,5-8,11-14H2,1H3/t15-/m1/s1. The maximum atomic E-state index is 12.3. The third-order valence-corrected chi connectivity index (χ3v) is 5.11. The molecule has 0 unspecified atom stereocenters. The first-order valence-electron chi connectivity index (χ1n) is 9.46. The number of rotatable bonds is 7. The lowest BCUT2D eigenvalue weighted by molar-refractivity contribution is -0.149. The molecule has 0 aliphatic carbocycles. The molecule has 0 bridgehead atoms. The predicted molar refractivity (Wildman–Crippen MR) is 96.8 cm³/mol. The summed E-state index contributed by atoms with van der Waals surface area (Å²) in [6, 6.07) is 6.98. The summed E-state index contributed by atoms with van der Waals surface area (Å²) in [7, 11) is 0. The Morgan fingerprint density at radius 1 is 1.12 bits per heavy atom. The fraction of sp³-hybridized carbons (Fsp3) is 0.550. The van der Waals surface area contributed by atoms with Gasteiger partial charge in [0, 0.05) is 13.1 Å². The van der Waals surface area contributed by atoms with Crippen molar-refractivity contribution < 1.29 is 19.1 Å². The molecule has 1 aromatic carbocycles. The number of carbonyl (C=O) groups excluding carboxylic acids is 3. The van der Waals surface area contributed by atoms with E-state index in [4.69, 9.17) is 4.74 Å². The minimum absolute atomic E-state index is 0.0278. The molecular weight excluding hydrogens is 332 g/mol. The van der Waals surface area contributed by atoms with E-state index in [2.05, 4.69) is 4.90 Å². The number of ether oxygens (including phenoxy) is 1. The van der Waals surface area contributed by atoms with Gasteiger partial charge in [0.2, 0.25) is 0 Å². The minimum atomic E-state index is -0.189. The monoisotopic (exact) mass is 358 g/mol. The van der Waals surface area contributed by atoms with Gasteiger partial charge in [-0.05, 0) is 57.8 Å². The number of carbonyl (C=O) groups is 3. The van der Waals surface area contributed by atoms with E-state index in [-0.39, 0.29) is 23.7 Å². The number of hydrogen-bond donors (Lipinski definition) is 0. The van der Waals surface area contributed by atoms with E-state index in [1.165, 1.54) is 4.90 Å². The lowest BCUT2D eigenvalue weighted by Gasteiger charge is -2.31. The fourth-order valence-corrected chi connectivity index (χ4v) is 3.76. The average Bonchev–Trinajstić information content (AvgIpc) is 2.90. The van der Waals surface area contributed by atoms with E-state index in [1.54, 1.807) is 24.3 Å². The second-order valence-electron chi connectivity index (χ2n) is 6.91. The van der Waals surface area contributed by atoms with Crippen molar-refractivity contribution in [1.29, 1.82) is 0 Å². The molecule has 0 radical (unpaired) electrons. The number of unbranched alkanes of at least 4 members (excludes halogenated alkanes) is 1. The largest absolute Gasteiger partial charge is 0.466 e. The van der Waals surface area contributed by atoms with Gasteiger partial charge in [0.15, 0.2) is 0 Å². The first-order chi connectivity index (χ1) is 12.6. The molecule has 1 saturated heterocycles. The Kier molecular flexibility index (Phi) is 6.04. The van der Waals surface area contributed by atoms with Crippen LogP contribution in [0.2, 0.25) is 0 Å². The summed E-state index contributed by atoms with van der Waals surface area (Å²) in [4.78, 5) is 40.2. The molecule has 0 saturated carbocycles. The molecule has 6 heteroatoms. The second-order valence-corrected chi connectivity index (χ2v) is 6.91. The van der Waals surface area contributed by atoms with Gasteiger partial charge in [-0.15, -0.1) is 0 Å². The summed E-state index contributed by atoms with van der Waals surface area (Å²) < 4.78 is 5.13. The van der Waals surface area contributed by atoms with Crippen LogP contribution < -0.4 is 0 Å². The van der Waals surface area contributed by atoms with Gasteiger partial charge in [0.25, 0.3) is 11.8 Å². The van der Waals surface area contributed by atoms with Crippen LogP contribution in [0.25, 0.3) is 0 Å². The first kappa shape index (κ1) is 18.6. The normalized spacial score (nSPS) is 20.3. The quantitative estimate of drug-likeness (QED) is 0.425. The molecule has 2 amide bonds. The molecule has 0 N–H and O–H groups in total. The Balaban J connectivity index is 1.43. The number of likely N-dealkylation sites (tertiary alicyclic amines) is 1. The highest BCUT2D eigenvalue weighted by Gasteiger charge is 2.34. The maximum Gasteiger partial charge on any atom is 0.310 e. The number of hydrogen-bond acceptors (Lipinski definition) is 5. The van der Waals surface area contributed by atoms with Crippen molar-refractivity contribution in [2.75, 3.05) is 32.8 Å². The lowest BCUT2D eigenvalue weighted by atomic mass is 9.98. The summed E-state index contributed by atoms with van der Waals surface area (Å²) in [6.07, 6.45) is 3.56. The Bertz CT molecular complexity index is 653. The van der Waals surface area contributed by atoms with E-state index in [1.807, 2.05) is 6.92 Å². The Hall–Kier alpha value is -2.21.